The molecule has 0 saturated carbocycles. The van der Waals surface area contributed by atoms with Crippen molar-refractivity contribution >= 4 is 11.8 Å². The minimum Gasteiger partial charge on any atom is -0.496 e. The van der Waals surface area contributed by atoms with Gasteiger partial charge < -0.3 is 15.0 Å². The summed E-state index contributed by atoms with van der Waals surface area (Å²) in [5.41, 5.74) is 1.66. The molecule has 0 atom stereocenters. The van der Waals surface area contributed by atoms with Gasteiger partial charge in [0.15, 0.2) is 0 Å². The monoisotopic (exact) mass is 352 g/mol. The molecule has 1 aliphatic rings. The highest BCUT2D eigenvalue weighted by Gasteiger charge is 2.28. The Labute approximate surface area is 154 Å². The molecule has 136 valence electrons. The third-order valence-corrected chi connectivity index (χ3v) is 4.80. The standard InChI is InChI=1S/C21H24N2O3/c1-26-19-10-6-5-9-18(19)21(25)23-13-11-17(12-14-23)20(24)22-15-16-7-3-2-4-8-16/h2-10,17H,11-15H2,1H3,(H,22,24). The lowest BCUT2D eigenvalue weighted by Crippen LogP contribution is -2.43. The first kappa shape index (κ1) is 18.0. The molecule has 1 N–H and O–H groups in total. The third kappa shape index (κ3) is 4.23. The summed E-state index contributed by atoms with van der Waals surface area (Å²) in [6.07, 6.45) is 1.36. The van der Waals surface area contributed by atoms with Gasteiger partial charge in [-0.25, -0.2) is 0 Å². The molecule has 2 amide bonds. The second kappa shape index (κ2) is 8.52. The number of nitrogens with one attached hydrogen (secondary N) is 1. The van der Waals surface area contributed by atoms with Gasteiger partial charge in [0.1, 0.15) is 5.75 Å². The van der Waals surface area contributed by atoms with Crippen molar-refractivity contribution in [3.63, 3.8) is 0 Å². The van der Waals surface area contributed by atoms with Crippen LogP contribution in [0.25, 0.3) is 0 Å². The van der Waals surface area contributed by atoms with E-state index in [-0.39, 0.29) is 17.7 Å². The second-order valence-corrected chi connectivity index (χ2v) is 6.47. The van der Waals surface area contributed by atoms with E-state index in [9.17, 15) is 9.59 Å². The van der Waals surface area contributed by atoms with Gasteiger partial charge in [0, 0.05) is 25.6 Å². The number of likely N-dealkylation sites (tertiary alicyclic amines) is 1. The molecule has 5 heteroatoms. The number of amides is 2. The number of carbonyl (C=O) groups is 2. The fraction of sp³-hybridized carbons (Fsp3) is 0.333. The van der Waals surface area contributed by atoms with Gasteiger partial charge in [0.2, 0.25) is 5.91 Å². The minimum absolute atomic E-state index is 0.0365. The summed E-state index contributed by atoms with van der Waals surface area (Å²) in [6, 6.07) is 17.1. The highest BCUT2D eigenvalue weighted by molar-refractivity contribution is 5.97. The smallest absolute Gasteiger partial charge is 0.257 e. The zero-order chi connectivity index (χ0) is 18.4. The molecular weight excluding hydrogens is 328 g/mol. The highest BCUT2D eigenvalue weighted by Crippen LogP contribution is 2.23. The predicted molar refractivity (Wildman–Crippen MR) is 99.9 cm³/mol. The molecule has 2 aromatic carbocycles. The van der Waals surface area contributed by atoms with Gasteiger partial charge in [-0.2, -0.15) is 0 Å². The summed E-state index contributed by atoms with van der Waals surface area (Å²) in [7, 11) is 1.56. The number of ether oxygens (including phenoxy) is 1. The van der Waals surface area contributed by atoms with Crippen molar-refractivity contribution in [2.24, 2.45) is 5.92 Å². The summed E-state index contributed by atoms with van der Waals surface area (Å²) in [4.78, 5) is 26.9. The first-order valence-electron chi connectivity index (χ1n) is 8.93. The molecule has 0 aliphatic carbocycles. The van der Waals surface area contributed by atoms with Crippen LogP contribution in [0.15, 0.2) is 54.6 Å². The SMILES string of the molecule is COc1ccccc1C(=O)N1CCC(C(=O)NCc2ccccc2)CC1. The molecule has 1 fully saturated rings. The first-order chi connectivity index (χ1) is 12.7. The molecule has 1 saturated heterocycles. The van der Waals surface area contributed by atoms with Gasteiger partial charge in [-0.1, -0.05) is 42.5 Å². The zero-order valence-electron chi connectivity index (χ0n) is 15.0. The lowest BCUT2D eigenvalue weighted by molar-refractivity contribution is -0.126. The number of hydrogen-bond acceptors (Lipinski definition) is 3. The molecular formula is C21H24N2O3. The van der Waals surface area contributed by atoms with Crippen LogP contribution < -0.4 is 10.1 Å². The van der Waals surface area contributed by atoms with Crippen molar-refractivity contribution in [2.45, 2.75) is 19.4 Å². The van der Waals surface area contributed by atoms with Gasteiger partial charge in [0.05, 0.1) is 12.7 Å². The lowest BCUT2D eigenvalue weighted by Gasteiger charge is -2.31. The van der Waals surface area contributed by atoms with Crippen LogP contribution in [0.1, 0.15) is 28.8 Å². The van der Waals surface area contributed by atoms with Gasteiger partial charge in [-0.05, 0) is 30.5 Å². The van der Waals surface area contributed by atoms with Crippen LogP contribution in [0.5, 0.6) is 5.75 Å². The number of carbonyl (C=O) groups excluding carboxylic acids is 2. The number of para-hydroxylation sites is 1. The van der Waals surface area contributed by atoms with E-state index in [0.29, 0.717) is 43.8 Å². The summed E-state index contributed by atoms with van der Waals surface area (Å²) in [5.74, 6) is 0.574. The maximum Gasteiger partial charge on any atom is 0.257 e. The first-order valence-corrected chi connectivity index (χ1v) is 8.93. The van der Waals surface area contributed by atoms with Crippen LogP contribution in [-0.2, 0) is 11.3 Å². The summed E-state index contributed by atoms with van der Waals surface area (Å²) < 4.78 is 5.28. The summed E-state index contributed by atoms with van der Waals surface area (Å²) in [5, 5.41) is 3.00. The van der Waals surface area contributed by atoms with Crippen LogP contribution in [0, 0.1) is 5.92 Å². The van der Waals surface area contributed by atoms with Crippen molar-refractivity contribution in [3.05, 3.63) is 65.7 Å². The summed E-state index contributed by atoms with van der Waals surface area (Å²) >= 11 is 0. The molecule has 0 bridgehead atoms. The summed E-state index contributed by atoms with van der Waals surface area (Å²) in [6.45, 7) is 1.71. The molecule has 0 radical (unpaired) electrons. The third-order valence-electron chi connectivity index (χ3n) is 4.80. The molecule has 0 aromatic heterocycles. The van der Waals surface area contributed by atoms with Crippen LogP contribution in [0.2, 0.25) is 0 Å². The highest BCUT2D eigenvalue weighted by atomic mass is 16.5. The van der Waals surface area contributed by atoms with Crippen molar-refractivity contribution in [1.29, 1.82) is 0 Å². The van der Waals surface area contributed by atoms with Crippen LogP contribution in [0.3, 0.4) is 0 Å². The van der Waals surface area contributed by atoms with Crippen molar-refractivity contribution in [3.8, 4) is 5.75 Å². The Morgan fingerprint density at radius 2 is 1.69 bits per heavy atom. The van der Waals surface area contributed by atoms with Gasteiger partial charge >= 0.3 is 0 Å². The topological polar surface area (TPSA) is 58.6 Å². The maximum absolute atomic E-state index is 12.7. The average Bonchev–Trinajstić information content (AvgIpc) is 2.72. The molecule has 0 spiro atoms. The quantitative estimate of drug-likeness (QED) is 0.900. The Hall–Kier alpha value is -2.82. The molecule has 1 heterocycles. The molecule has 0 unspecified atom stereocenters. The van der Waals surface area contributed by atoms with Crippen LogP contribution >= 0.6 is 0 Å². The fourth-order valence-corrected chi connectivity index (χ4v) is 3.27. The van der Waals surface area contributed by atoms with E-state index in [0.717, 1.165) is 5.56 Å². The predicted octanol–water partition coefficient (Wildman–Crippen LogP) is 2.86. The fourth-order valence-electron chi connectivity index (χ4n) is 3.27. The van der Waals surface area contributed by atoms with E-state index in [1.54, 1.807) is 24.1 Å². The normalized spacial score (nSPS) is 14.7. The molecule has 5 nitrogen and oxygen atoms in total. The minimum atomic E-state index is -0.0413. The Morgan fingerprint density at radius 1 is 1.04 bits per heavy atom. The largest absolute Gasteiger partial charge is 0.496 e. The lowest BCUT2D eigenvalue weighted by atomic mass is 9.95. The van der Waals surface area contributed by atoms with Crippen LogP contribution in [0.4, 0.5) is 0 Å². The molecule has 2 aromatic rings. The zero-order valence-corrected chi connectivity index (χ0v) is 15.0. The Balaban J connectivity index is 1.52. The van der Waals surface area contributed by atoms with Crippen molar-refractivity contribution in [1.82, 2.24) is 10.2 Å². The van der Waals surface area contributed by atoms with Gasteiger partial charge in [0.25, 0.3) is 5.91 Å². The number of hydrogen-bond donors (Lipinski definition) is 1. The number of benzene rings is 2. The van der Waals surface area contributed by atoms with Crippen molar-refractivity contribution < 1.29 is 14.3 Å². The number of methoxy groups -OCH3 is 1. The number of rotatable bonds is 5. The van der Waals surface area contributed by atoms with E-state index in [2.05, 4.69) is 5.32 Å². The van der Waals surface area contributed by atoms with E-state index in [1.807, 2.05) is 42.5 Å². The Bertz CT molecular complexity index is 753. The average molecular weight is 352 g/mol. The molecule has 1 aliphatic heterocycles. The Kier molecular flexibility index (Phi) is 5.89. The van der Waals surface area contributed by atoms with E-state index in [4.69, 9.17) is 4.74 Å². The Morgan fingerprint density at radius 3 is 2.38 bits per heavy atom. The second-order valence-electron chi connectivity index (χ2n) is 6.47. The maximum atomic E-state index is 12.7. The number of nitrogens with zero attached hydrogens (tertiary/aromatic N) is 1. The van der Waals surface area contributed by atoms with Gasteiger partial charge in [-0.15, -0.1) is 0 Å². The number of piperidine rings is 1. The van der Waals surface area contributed by atoms with Crippen molar-refractivity contribution in [2.75, 3.05) is 20.2 Å². The van der Waals surface area contributed by atoms with E-state index >= 15 is 0 Å². The van der Waals surface area contributed by atoms with E-state index < -0.39 is 0 Å². The molecule has 3 rings (SSSR count). The molecule has 26 heavy (non-hydrogen) atoms. The van der Waals surface area contributed by atoms with Gasteiger partial charge in [-0.3, -0.25) is 9.59 Å². The van der Waals surface area contributed by atoms with Crippen LogP contribution in [-0.4, -0.2) is 36.9 Å². The van der Waals surface area contributed by atoms with E-state index in [1.165, 1.54) is 0 Å².